The summed E-state index contributed by atoms with van der Waals surface area (Å²) in [6, 6.07) is 0. The summed E-state index contributed by atoms with van der Waals surface area (Å²) in [5, 5.41) is 8.87. The first-order valence-corrected chi connectivity index (χ1v) is 8.70. The number of esters is 1. The van der Waals surface area contributed by atoms with E-state index in [9.17, 15) is 18.0 Å². The minimum atomic E-state index is -3.70. The lowest BCUT2D eigenvalue weighted by Crippen LogP contribution is -2.48. The van der Waals surface area contributed by atoms with Gasteiger partial charge in [0.05, 0.1) is 18.4 Å². The quantitative estimate of drug-likeness (QED) is 0.664. The van der Waals surface area contributed by atoms with Gasteiger partial charge in [0.25, 0.3) is 10.2 Å². The lowest BCUT2D eigenvalue weighted by Gasteiger charge is -2.33. The predicted molar refractivity (Wildman–Crippen MR) is 79.3 cm³/mol. The number of carboxylic acids is 1. The first kappa shape index (κ1) is 18.9. The fraction of sp³-hybridized carbons (Fsp3) is 0.846. The van der Waals surface area contributed by atoms with E-state index < -0.39 is 22.1 Å². The maximum absolute atomic E-state index is 12.4. The van der Waals surface area contributed by atoms with Crippen LogP contribution in [0.4, 0.5) is 0 Å². The topological polar surface area (TPSA) is 104 Å². The van der Waals surface area contributed by atoms with Crippen molar-refractivity contribution >= 4 is 22.1 Å². The van der Waals surface area contributed by atoms with Crippen LogP contribution >= 0.6 is 0 Å². The van der Waals surface area contributed by atoms with Crippen molar-refractivity contribution in [2.24, 2.45) is 11.8 Å². The fourth-order valence-electron chi connectivity index (χ4n) is 2.34. The van der Waals surface area contributed by atoms with Crippen LogP contribution in [0.5, 0.6) is 0 Å². The summed E-state index contributed by atoms with van der Waals surface area (Å²) in [4.78, 5) is 22.5. The summed E-state index contributed by atoms with van der Waals surface area (Å²) in [6.07, 6.45) is 0.834. The molecular formula is C13H24N2O6S. The monoisotopic (exact) mass is 336 g/mol. The number of carboxylic acid groups (broad SMARTS) is 1. The second-order valence-corrected chi connectivity index (χ2v) is 7.49. The minimum absolute atomic E-state index is 0.0878. The van der Waals surface area contributed by atoms with E-state index in [1.807, 2.05) is 0 Å². The molecule has 0 amide bonds. The van der Waals surface area contributed by atoms with Crippen LogP contribution < -0.4 is 0 Å². The Morgan fingerprint density at radius 2 is 1.91 bits per heavy atom. The van der Waals surface area contributed by atoms with E-state index in [-0.39, 0.29) is 31.5 Å². The predicted octanol–water partition coefficient (Wildman–Crippen LogP) is 0.159. The molecule has 0 aromatic carbocycles. The molecule has 22 heavy (non-hydrogen) atoms. The number of hydrogen-bond donors (Lipinski definition) is 1. The van der Waals surface area contributed by atoms with Gasteiger partial charge in [-0.25, -0.2) is 0 Å². The van der Waals surface area contributed by atoms with Crippen LogP contribution in [0.1, 0.15) is 26.7 Å². The molecule has 0 saturated carbocycles. The van der Waals surface area contributed by atoms with Gasteiger partial charge in [0, 0.05) is 26.7 Å². The zero-order valence-electron chi connectivity index (χ0n) is 13.2. The van der Waals surface area contributed by atoms with E-state index in [4.69, 9.17) is 9.84 Å². The highest BCUT2D eigenvalue weighted by molar-refractivity contribution is 7.86. The first-order chi connectivity index (χ1) is 10.2. The average Bonchev–Trinajstić information content (AvgIpc) is 2.47. The summed E-state index contributed by atoms with van der Waals surface area (Å²) >= 11 is 0. The van der Waals surface area contributed by atoms with Crippen molar-refractivity contribution in [1.82, 2.24) is 8.61 Å². The fourth-order valence-corrected chi connectivity index (χ4v) is 3.82. The molecule has 1 rings (SSSR count). The van der Waals surface area contributed by atoms with Gasteiger partial charge in [-0.1, -0.05) is 6.92 Å². The van der Waals surface area contributed by atoms with Gasteiger partial charge in [-0.2, -0.15) is 17.0 Å². The Labute approximate surface area is 131 Å². The highest BCUT2D eigenvalue weighted by atomic mass is 32.2. The average molecular weight is 336 g/mol. The molecule has 1 unspecified atom stereocenters. The third-order valence-electron chi connectivity index (χ3n) is 3.75. The lowest BCUT2D eigenvalue weighted by molar-refractivity contribution is -0.149. The summed E-state index contributed by atoms with van der Waals surface area (Å²) in [6.45, 7) is 3.88. The number of carbonyl (C=O) groups excluding carboxylic acids is 1. The molecule has 1 fully saturated rings. The molecule has 0 aliphatic carbocycles. The largest absolute Gasteiger partial charge is 0.481 e. The summed E-state index contributed by atoms with van der Waals surface area (Å²) in [5.41, 5.74) is 0. The molecule has 0 aromatic heterocycles. The number of rotatable bonds is 7. The second-order valence-electron chi connectivity index (χ2n) is 5.45. The first-order valence-electron chi connectivity index (χ1n) is 7.31. The molecule has 1 saturated heterocycles. The second kappa shape index (κ2) is 7.89. The molecule has 0 bridgehead atoms. The molecule has 128 valence electrons. The van der Waals surface area contributed by atoms with E-state index in [0.717, 1.165) is 4.31 Å². The number of carbonyl (C=O) groups is 2. The van der Waals surface area contributed by atoms with Crippen molar-refractivity contribution in [1.29, 1.82) is 0 Å². The van der Waals surface area contributed by atoms with Crippen LogP contribution in [0.15, 0.2) is 0 Å². The summed E-state index contributed by atoms with van der Waals surface area (Å²) in [5.74, 6) is -2.37. The van der Waals surface area contributed by atoms with Gasteiger partial charge in [0.15, 0.2) is 0 Å². The lowest BCUT2D eigenvalue weighted by atomic mass is 9.98. The van der Waals surface area contributed by atoms with Crippen LogP contribution in [-0.4, -0.2) is 67.4 Å². The Morgan fingerprint density at radius 3 is 2.36 bits per heavy atom. The molecule has 9 heteroatoms. The molecule has 0 spiro atoms. The Morgan fingerprint density at radius 1 is 1.36 bits per heavy atom. The van der Waals surface area contributed by atoms with Crippen LogP contribution in [0.3, 0.4) is 0 Å². The Balaban J connectivity index is 2.61. The van der Waals surface area contributed by atoms with Gasteiger partial charge >= 0.3 is 11.9 Å². The van der Waals surface area contributed by atoms with Gasteiger partial charge < -0.3 is 9.84 Å². The van der Waals surface area contributed by atoms with Gasteiger partial charge in [-0.15, -0.1) is 0 Å². The minimum Gasteiger partial charge on any atom is -0.481 e. The molecule has 1 atom stereocenters. The zero-order chi connectivity index (χ0) is 16.9. The van der Waals surface area contributed by atoms with E-state index >= 15 is 0 Å². The number of piperidine rings is 1. The van der Waals surface area contributed by atoms with Crippen molar-refractivity contribution in [3.63, 3.8) is 0 Å². The van der Waals surface area contributed by atoms with Crippen molar-refractivity contribution < 1.29 is 27.9 Å². The van der Waals surface area contributed by atoms with Gasteiger partial charge in [-0.05, 0) is 19.8 Å². The number of aliphatic carboxylic acids is 1. The Bertz CT molecular complexity index is 499. The molecule has 1 heterocycles. The third kappa shape index (κ3) is 4.65. The van der Waals surface area contributed by atoms with Crippen LogP contribution in [0.25, 0.3) is 0 Å². The molecule has 0 radical (unpaired) electrons. The van der Waals surface area contributed by atoms with Gasteiger partial charge in [0.2, 0.25) is 0 Å². The van der Waals surface area contributed by atoms with E-state index in [1.54, 1.807) is 6.92 Å². The molecule has 1 N–H and O–H groups in total. The molecule has 8 nitrogen and oxygen atoms in total. The maximum Gasteiger partial charge on any atom is 0.309 e. The summed E-state index contributed by atoms with van der Waals surface area (Å²) in [7, 11) is -2.33. The summed E-state index contributed by atoms with van der Waals surface area (Å²) < 4.78 is 32.1. The highest BCUT2D eigenvalue weighted by Gasteiger charge is 2.34. The standard InChI is InChI=1S/C13H24N2O6S/c1-4-21-13(18)11-5-7-15(8-6-11)22(19,20)14(3)9-10(2)12(16)17/h10-11H,4-9H2,1-3H3,(H,16,17). The molecule has 0 aromatic rings. The SMILES string of the molecule is CCOC(=O)C1CCN(S(=O)(=O)N(C)CC(C)C(=O)O)CC1. The van der Waals surface area contributed by atoms with Crippen LogP contribution in [-0.2, 0) is 24.5 Å². The Hall–Kier alpha value is -1.19. The van der Waals surface area contributed by atoms with Crippen molar-refractivity contribution in [2.75, 3.05) is 33.3 Å². The van der Waals surface area contributed by atoms with Gasteiger partial charge in [0.1, 0.15) is 0 Å². The highest BCUT2D eigenvalue weighted by Crippen LogP contribution is 2.22. The normalized spacial score (nSPS) is 19.1. The Kier molecular flexibility index (Phi) is 6.76. The maximum atomic E-state index is 12.4. The smallest absolute Gasteiger partial charge is 0.309 e. The number of nitrogens with zero attached hydrogens (tertiary/aromatic N) is 2. The van der Waals surface area contributed by atoms with Crippen molar-refractivity contribution in [2.45, 2.75) is 26.7 Å². The molecule has 1 aliphatic rings. The van der Waals surface area contributed by atoms with Crippen LogP contribution in [0.2, 0.25) is 0 Å². The van der Waals surface area contributed by atoms with E-state index in [2.05, 4.69) is 0 Å². The van der Waals surface area contributed by atoms with E-state index in [1.165, 1.54) is 18.3 Å². The van der Waals surface area contributed by atoms with E-state index in [0.29, 0.717) is 19.4 Å². The van der Waals surface area contributed by atoms with Crippen LogP contribution in [0, 0.1) is 11.8 Å². The number of hydrogen-bond acceptors (Lipinski definition) is 5. The zero-order valence-corrected chi connectivity index (χ0v) is 14.0. The van der Waals surface area contributed by atoms with Crippen molar-refractivity contribution in [3.8, 4) is 0 Å². The number of ether oxygens (including phenoxy) is 1. The molecule has 1 aliphatic heterocycles. The van der Waals surface area contributed by atoms with Crippen molar-refractivity contribution in [3.05, 3.63) is 0 Å². The van der Waals surface area contributed by atoms with Gasteiger partial charge in [-0.3, -0.25) is 9.59 Å². The third-order valence-corrected chi connectivity index (χ3v) is 5.70. The molecular weight excluding hydrogens is 312 g/mol.